The SMILES string of the molecule is CN1CCc2cc(Cl)c(O)cc2[C@H]2c3cccc(CN)c3CC[C@@H]21. The molecule has 3 nitrogen and oxygen atoms in total. The molecule has 0 unspecified atom stereocenters. The van der Waals surface area contributed by atoms with E-state index in [1.54, 1.807) is 0 Å². The van der Waals surface area contributed by atoms with Crippen molar-refractivity contribution >= 4 is 11.6 Å². The number of hydrogen-bond acceptors (Lipinski definition) is 3. The number of phenolic OH excluding ortho intramolecular Hbond substituents is 1. The molecule has 0 aromatic heterocycles. The predicted octanol–water partition coefficient (Wildman–Crippen LogP) is 3.44. The highest BCUT2D eigenvalue weighted by Gasteiger charge is 2.37. The molecule has 0 spiro atoms. The van der Waals surface area contributed by atoms with Gasteiger partial charge in [0.15, 0.2) is 0 Å². The van der Waals surface area contributed by atoms with Crippen molar-refractivity contribution in [1.29, 1.82) is 0 Å². The fraction of sp³-hybridized carbons (Fsp3) is 0.400. The van der Waals surface area contributed by atoms with Gasteiger partial charge in [0.1, 0.15) is 5.75 Å². The zero-order valence-corrected chi connectivity index (χ0v) is 14.7. The van der Waals surface area contributed by atoms with Gasteiger partial charge in [-0.25, -0.2) is 0 Å². The monoisotopic (exact) mass is 342 g/mol. The molecule has 4 heteroatoms. The van der Waals surface area contributed by atoms with Gasteiger partial charge in [-0.05, 0) is 66.3 Å². The number of halogens is 1. The predicted molar refractivity (Wildman–Crippen MR) is 97.7 cm³/mol. The Bertz CT molecular complexity index is 789. The summed E-state index contributed by atoms with van der Waals surface area (Å²) in [5.41, 5.74) is 12.5. The molecule has 0 saturated carbocycles. The van der Waals surface area contributed by atoms with E-state index in [9.17, 15) is 5.11 Å². The van der Waals surface area contributed by atoms with Gasteiger partial charge in [0.05, 0.1) is 5.02 Å². The number of rotatable bonds is 1. The molecule has 2 aliphatic rings. The number of phenols is 1. The number of nitrogens with two attached hydrogens (primary N) is 1. The van der Waals surface area contributed by atoms with Crippen LogP contribution in [0.2, 0.25) is 5.02 Å². The zero-order valence-electron chi connectivity index (χ0n) is 13.9. The van der Waals surface area contributed by atoms with Crippen LogP contribution in [0.1, 0.15) is 40.2 Å². The second kappa shape index (κ2) is 6.07. The summed E-state index contributed by atoms with van der Waals surface area (Å²) in [6.45, 7) is 1.59. The Kier molecular flexibility index (Phi) is 4.03. The van der Waals surface area contributed by atoms with Crippen LogP contribution >= 0.6 is 11.6 Å². The van der Waals surface area contributed by atoms with Gasteiger partial charge in [0.2, 0.25) is 0 Å². The van der Waals surface area contributed by atoms with E-state index in [-0.39, 0.29) is 11.7 Å². The van der Waals surface area contributed by atoms with Gasteiger partial charge in [-0.1, -0.05) is 29.8 Å². The summed E-state index contributed by atoms with van der Waals surface area (Å²) in [6.07, 6.45) is 3.15. The van der Waals surface area contributed by atoms with Crippen LogP contribution in [-0.4, -0.2) is 29.6 Å². The van der Waals surface area contributed by atoms with Gasteiger partial charge in [-0.3, -0.25) is 0 Å². The standard InChI is InChI=1S/C20H23ClN2O/c1-23-8-7-12-9-17(21)19(24)10-16(12)20-15-4-2-3-13(11-22)14(15)5-6-18(20)23/h2-4,9-10,18,20,24H,5-8,11,22H2,1H3/t18-,20+/m0/s1. The number of likely N-dealkylation sites (N-methyl/N-ethyl adjacent to an activating group) is 1. The van der Waals surface area contributed by atoms with Crippen molar-refractivity contribution in [2.45, 2.75) is 37.8 Å². The minimum atomic E-state index is 0.181. The summed E-state index contributed by atoms with van der Waals surface area (Å²) in [6, 6.07) is 10.8. The van der Waals surface area contributed by atoms with Gasteiger partial charge in [-0.2, -0.15) is 0 Å². The Morgan fingerprint density at radius 1 is 1.25 bits per heavy atom. The molecule has 0 radical (unpaired) electrons. The van der Waals surface area contributed by atoms with Gasteiger partial charge in [0, 0.05) is 25.0 Å². The lowest BCUT2D eigenvalue weighted by Gasteiger charge is -2.39. The summed E-state index contributed by atoms with van der Waals surface area (Å²) in [5.74, 6) is 0.451. The largest absolute Gasteiger partial charge is 0.506 e. The second-order valence-electron chi connectivity index (χ2n) is 7.01. The van der Waals surface area contributed by atoms with Crippen molar-refractivity contribution < 1.29 is 5.11 Å². The Balaban J connectivity index is 1.95. The zero-order chi connectivity index (χ0) is 16.8. The van der Waals surface area contributed by atoms with Crippen molar-refractivity contribution in [3.63, 3.8) is 0 Å². The van der Waals surface area contributed by atoms with Crippen molar-refractivity contribution in [3.05, 3.63) is 63.2 Å². The summed E-state index contributed by atoms with van der Waals surface area (Å²) in [4.78, 5) is 2.47. The lowest BCUT2D eigenvalue weighted by molar-refractivity contribution is 0.213. The molecule has 2 aromatic rings. The first-order chi connectivity index (χ1) is 11.6. The highest BCUT2D eigenvalue weighted by molar-refractivity contribution is 6.32. The first-order valence-electron chi connectivity index (χ1n) is 8.62. The number of benzene rings is 2. The third kappa shape index (κ3) is 2.43. The van der Waals surface area contributed by atoms with Gasteiger partial charge in [-0.15, -0.1) is 0 Å². The fourth-order valence-electron chi connectivity index (χ4n) is 4.55. The summed E-state index contributed by atoms with van der Waals surface area (Å²) in [7, 11) is 2.21. The van der Waals surface area contributed by atoms with Crippen molar-refractivity contribution in [3.8, 4) is 5.75 Å². The lowest BCUT2D eigenvalue weighted by Crippen LogP contribution is -2.40. The molecule has 2 atom stereocenters. The van der Waals surface area contributed by atoms with E-state index in [4.69, 9.17) is 17.3 Å². The molecular weight excluding hydrogens is 320 g/mol. The van der Waals surface area contributed by atoms with E-state index >= 15 is 0 Å². The molecule has 0 amide bonds. The van der Waals surface area contributed by atoms with E-state index in [1.807, 2.05) is 12.1 Å². The van der Waals surface area contributed by atoms with E-state index in [0.29, 0.717) is 17.6 Å². The van der Waals surface area contributed by atoms with E-state index in [2.05, 4.69) is 30.1 Å². The Hall–Kier alpha value is -1.55. The smallest absolute Gasteiger partial charge is 0.134 e. The summed E-state index contributed by atoms with van der Waals surface area (Å²) >= 11 is 6.18. The highest BCUT2D eigenvalue weighted by atomic mass is 35.5. The first-order valence-corrected chi connectivity index (χ1v) is 9.00. The molecule has 2 aromatic carbocycles. The molecule has 1 aliphatic carbocycles. The highest BCUT2D eigenvalue weighted by Crippen LogP contribution is 2.45. The average Bonchev–Trinajstić information content (AvgIpc) is 2.73. The minimum Gasteiger partial charge on any atom is -0.506 e. The molecule has 1 heterocycles. The van der Waals surface area contributed by atoms with Crippen LogP contribution in [0.15, 0.2) is 30.3 Å². The molecule has 24 heavy (non-hydrogen) atoms. The van der Waals surface area contributed by atoms with Crippen LogP contribution in [0.3, 0.4) is 0 Å². The fourth-order valence-corrected chi connectivity index (χ4v) is 4.73. The number of nitrogens with zero attached hydrogens (tertiary/aromatic N) is 1. The van der Waals surface area contributed by atoms with E-state index in [1.165, 1.54) is 27.8 Å². The van der Waals surface area contributed by atoms with Crippen LogP contribution in [0.5, 0.6) is 5.75 Å². The molecule has 1 aliphatic heterocycles. The molecule has 0 bridgehead atoms. The minimum absolute atomic E-state index is 0.181. The normalized spacial score (nSPS) is 23.1. The van der Waals surface area contributed by atoms with Crippen LogP contribution in [0.4, 0.5) is 0 Å². The van der Waals surface area contributed by atoms with Gasteiger partial charge in [0.25, 0.3) is 0 Å². The van der Waals surface area contributed by atoms with Crippen LogP contribution in [0.25, 0.3) is 0 Å². The quantitative estimate of drug-likeness (QED) is 0.834. The maximum absolute atomic E-state index is 10.2. The number of aromatic hydroxyl groups is 1. The summed E-state index contributed by atoms with van der Waals surface area (Å²) in [5, 5.41) is 10.7. The van der Waals surface area contributed by atoms with Crippen LogP contribution in [0, 0.1) is 0 Å². The third-order valence-corrected chi connectivity index (χ3v) is 6.09. The maximum Gasteiger partial charge on any atom is 0.134 e. The Labute approximate surface area is 148 Å². The molecular formula is C20H23ClN2O. The number of hydrogen-bond donors (Lipinski definition) is 2. The van der Waals surface area contributed by atoms with Crippen LogP contribution < -0.4 is 5.73 Å². The average molecular weight is 343 g/mol. The lowest BCUT2D eigenvalue weighted by atomic mass is 9.73. The Morgan fingerprint density at radius 2 is 2.08 bits per heavy atom. The third-order valence-electron chi connectivity index (χ3n) is 5.78. The van der Waals surface area contributed by atoms with Crippen molar-refractivity contribution in [1.82, 2.24) is 4.90 Å². The Morgan fingerprint density at radius 3 is 2.88 bits per heavy atom. The second-order valence-corrected chi connectivity index (χ2v) is 7.41. The van der Waals surface area contributed by atoms with E-state index in [0.717, 1.165) is 25.8 Å². The van der Waals surface area contributed by atoms with Gasteiger partial charge >= 0.3 is 0 Å². The first kappa shape index (κ1) is 15.9. The number of fused-ring (bicyclic) bond motifs is 5. The van der Waals surface area contributed by atoms with Gasteiger partial charge < -0.3 is 15.7 Å². The topological polar surface area (TPSA) is 49.5 Å². The maximum atomic E-state index is 10.2. The van der Waals surface area contributed by atoms with Crippen molar-refractivity contribution in [2.75, 3.05) is 13.6 Å². The molecule has 0 saturated heterocycles. The molecule has 0 fully saturated rings. The molecule has 3 N–H and O–H groups in total. The molecule has 4 rings (SSSR count). The van der Waals surface area contributed by atoms with Crippen LogP contribution in [-0.2, 0) is 19.4 Å². The summed E-state index contributed by atoms with van der Waals surface area (Å²) < 4.78 is 0. The molecule has 126 valence electrons. The van der Waals surface area contributed by atoms with E-state index < -0.39 is 0 Å². The van der Waals surface area contributed by atoms with Crippen molar-refractivity contribution in [2.24, 2.45) is 5.73 Å².